The molecule has 1 unspecified atom stereocenters. The Morgan fingerprint density at radius 2 is 2.29 bits per heavy atom. The highest BCUT2D eigenvalue weighted by atomic mass is 35.5. The number of nitrogens with zero attached hydrogens (tertiary/aromatic N) is 2. The van der Waals surface area contributed by atoms with E-state index in [1.807, 2.05) is 6.07 Å². The Bertz CT molecular complexity index is 485. The van der Waals surface area contributed by atoms with Gasteiger partial charge in [-0.2, -0.15) is 0 Å². The van der Waals surface area contributed by atoms with Crippen LogP contribution >= 0.6 is 12.4 Å². The van der Waals surface area contributed by atoms with Crippen molar-refractivity contribution in [1.29, 1.82) is 0 Å². The van der Waals surface area contributed by atoms with Gasteiger partial charge in [-0.05, 0) is 43.5 Å². The lowest BCUT2D eigenvalue weighted by atomic mass is 9.98. The number of halogens is 1. The van der Waals surface area contributed by atoms with Gasteiger partial charge in [-0.3, -0.25) is 15.0 Å². The fraction of sp³-hybridized carbons (Fsp3) is 0.571. The van der Waals surface area contributed by atoms with Gasteiger partial charge in [-0.25, -0.2) is 0 Å². The lowest BCUT2D eigenvalue weighted by Gasteiger charge is -2.32. The van der Waals surface area contributed by atoms with Crippen LogP contribution in [-0.2, 0) is 6.54 Å². The highest BCUT2D eigenvalue weighted by Gasteiger charge is 2.20. The molecule has 2 rings (SSSR count). The third-order valence-corrected chi connectivity index (χ3v) is 3.78. The molecule has 0 radical (unpaired) electrons. The average Bonchev–Trinajstić information content (AvgIpc) is 2.47. The first-order valence-corrected chi connectivity index (χ1v) is 6.87. The fourth-order valence-corrected chi connectivity index (χ4v) is 2.72. The van der Waals surface area contributed by atoms with Gasteiger partial charge in [-0.1, -0.05) is 6.07 Å². The molecule has 2 N–H and O–H groups in total. The molecular formula is C14H22ClN3O3. The summed E-state index contributed by atoms with van der Waals surface area (Å²) in [6.07, 6.45) is 2.32. The normalized spacial score (nSPS) is 18.9. The zero-order valence-corrected chi connectivity index (χ0v) is 13.0. The summed E-state index contributed by atoms with van der Waals surface area (Å²) in [5, 5.41) is 11.0. The van der Waals surface area contributed by atoms with Crippen molar-refractivity contribution in [3.63, 3.8) is 0 Å². The second kappa shape index (κ2) is 8.17. The van der Waals surface area contributed by atoms with Crippen LogP contribution in [0.25, 0.3) is 0 Å². The van der Waals surface area contributed by atoms with Crippen LogP contribution in [0.4, 0.5) is 5.69 Å². The zero-order chi connectivity index (χ0) is 14.5. The molecule has 0 bridgehead atoms. The van der Waals surface area contributed by atoms with Gasteiger partial charge in [0, 0.05) is 19.2 Å². The van der Waals surface area contributed by atoms with Gasteiger partial charge in [0.05, 0.1) is 12.0 Å². The van der Waals surface area contributed by atoms with Crippen LogP contribution in [0.2, 0.25) is 0 Å². The van der Waals surface area contributed by atoms with E-state index in [9.17, 15) is 10.1 Å². The molecule has 0 aliphatic carbocycles. The van der Waals surface area contributed by atoms with Gasteiger partial charge < -0.3 is 10.5 Å². The smallest absolute Gasteiger partial charge is 0.311 e. The molecule has 1 atom stereocenters. The molecule has 1 saturated heterocycles. The van der Waals surface area contributed by atoms with Crippen molar-refractivity contribution in [2.24, 2.45) is 11.7 Å². The summed E-state index contributed by atoms with van der Waals surface area (Å²) in [6, 6.07) is 5.15. The minimum Gasteiger partial charge on any atom is -0.490 e. The Labute approximate surface area is 130 Å². The first kappa shape index (κ1) is 17.7. The molecule has 0 saturated carbocycles. The van der Waals surface area contributed by atoms with E-state index in [1.54, 1.807) is 12.1 Å². The Morgan fingerprint density at radius 3 is 2.90 bits per heavy atom. The number of likely N-dealkylation sites (tertiary alicyclic amines) is 1. The number of benzene rings is 1. The summed E-state index contributed by atoms with van der Waals surface area (Å²) >= 11 is 0. The maximum Gasteiger partial charge on any atom is 0.311 e. The molecule has 1 heterocycles. The van der Waals surface area contributed by atoms with Crippen molar-refractivity contribution >= 4 is 18.1 Å². The molecular weight excluding hydrogens is 294 g/mol. The summed E-state index contributed by atoms with van der Waals surface area (Å²) in [6.45, 7) is 3.42. The fourth-order valence-electron chi connectivity index (χ4n) is 2.72. The first-order chi connectivity index (χ1) is 9.63. The minimum atomic E-state index is -0.402. The molecule has 1 aliphatic heterocycles. The van der Waals surface area contributed by atoms with E-state index in [0.717, 1.165) is 31.6 Å². The van der Waals surface area contributed by atoms with Crippen molar-refractivity contribution in [3.8, 4) is 5.75 Å². The van der Waals surface area contributed by atoms with Crippen molar-refractivity contribution < 1.29 is 9.66 Å². The predicted octanol–water partition coefficient (Wildman–Crippen LogP) is 2.20. The Morgan fingerprint density at radius 1 is 1.52 bits per heavy atom. The van der Waals surface area contributed by atoms with Gasteiger partial charge in [-0.15, -0.1) is 12.4 Å². The lowest BCUT2D eigenvalue weighted by molar-refractivity contribution is -0.385. The quantitative estimate of drug-likeness (QED) is 0.665. The second-order valence-electron chi connectivity index (χ2n) is 5.24. The van der Waals surface area contributed by atoms with E-state index in [2.05, 4.69) is 4.90 Å². The number of piperidine rings is 1. The second-order valence-corrected chi connectivity index (χ2v) is 5.24. The first-order valence-electron chi connectivity index (χ1n) is 6.87. The van der Waals surface area contributed by atoms with Gasteiger partial charge in [0.2, 0.25) is 0 Å². The number of nitro groups is 1. The van der Waals surface area contributed by atoms with E-state index in [-0.39, 0.29) is 18.1 Å². The number of hydrogen-bond acceptors (Lipinski definition) is 5. The van der Waals surface area contributed by atoms with E-state index in [4.69, 9.17) is 10.5 Å². The number of nitrogens with two attached hydrogens (primary N) is 1. The predicted molar refractivity (Wildman–Crippen MR) is 84.0 cm³/mol. The molecule has 1 aromatic rings. The van der Waals surface area contributed by atoms with Gasteiger partial charge in [0.15, 0.2) is 5.75 Å². The third kappa shape index (κ3) is 4.56. The van der Waals surface area contributed by atoms with Crippen LogP contribution in [0.3, 0.4) is 0 Å². The van der Waals surface area contributed by atoms with Crippen molar-refractivity contribution in [1.82, 2.24) is 4.90 Å². The lowest BCUT2D eigenvalue weighted by Crippen LogP contribution is -2.37. The summed E-state index contributed by atoms with van der Waals surface area (Å²) in [4.78, 5) is 12.9. The summed E-state index contributed by atoms with van der Waals surface area (Å²) in [7, 11) is 1.44. The zero-order valence-electron chi connectivity index (χ0n) is 12.2. The Kier molecular flexibility index (Phi) is 6.87. The molecule has 0 amide bonds. The monoisotopic (exact) mass is 315 g/mol. The molecule has 118 valence electrons. The number of hydrogen-bond donors (Lipinski definition) is 1. The molecule has 21 heavy (non-hydrogen) atoms. The van der Waals surface area contributed by atoms with Crippen LogP contribution in [-0.4, -0.2) is 36.6 Å². The van der Waals surface area contributed by atoms with Crippen LogP contribution in [0.1, 0.15) is 18.4 Å². The number of rotatable bonds is 5. The van der Waals surface area contributed by atoms with Gasteiger partial charge >= 0.3 is 5.69 Å². The van der Waals surface area contributed by atoms with Gasteiger partial charge in [0.1, 0.15) is 0 Å². The Hall–Kier alpha value is -1.37. The maximum atomic E-state index is 11.0. The van der Waals surface area contributed by atoms with Crippen LogP contribution in [0.15, 0.2) is 18.2 Å². The van der Waals surface area contributed by atoms with Crippen LogP contribution in [0.5, 0.6) is 5.75 Å². The maximum absolute atomic E-state index is 11.0. The van der Waals surface area contributed by atoms with E-state index in [1.165, 1.54) is 13.5 Å². The molecule has 1 aromatic carbocycles. The largest absolute Gasteiger partial charge is 0.490 e. The third-order valence-electron chi connectivity index (χ3n) is 3.78. The number of methoxy groups -OCH3 is 1. The topological polar surface area (TPSA) is 81.6 Å². The number of nitro benzene ring substituents is 1. The van der Waals surface area contributed by atoms with Crippen molar-refractivity contribution in [2.45, 2.75) is 19.4 Å². The van der Waals surface area contributed by atoms with Crippen LogP contribution in [0, 0.1) is 16.0 Å². The standard InChI is InChI=1S/C14H21N3O3.ClH/c1-20-14-5-4-11(7-13(14)17(18)19)9-16-6-2-3-12(8-15)10-16;/h4-5,7,12H,2-3,6,8-10,15H2,1H3;1H. The van der Waals surface area contributed by atoms with Crippen molar-refractivity contribution in [2.75, 3.05) is 26.7 Å². The van der Waals surface area contributed by atoms with E-state index >= 15 is 0 Å². The molecule has 7 heteroatoms. The van der Waals surface area contributed by atoms with E-state index in [0.29, 0.717) is 18.2 Å². The average molecular weight is 316 g/mol. The highest BCUT2D eigenvalue weighted by molar-refractivity contribution is 5.85. The Balaban J connectivity index is 0.00000220. The summed E-state index contributed by atoms with van der Waals surface area (Å²) in [5.74, 6) is 0.842. The van der Waals surface area contributed by atoms with E-state index < -0.39 is 4.92 Å². The highest BCUT2D eigenvalue weighted by Crippen LogP contribution is 2.28. The minimum absolute atomic E-state index is 0. The molecule has 1 fully saturated rings. The molecule has 0 aromatic heterocycles. The molecule has 6 nitrogen and oxygen atoms in total. The molecule has 0 spiro atoms. The van der Waals surface area contributed by atoms with Gasteiger partial charge in [0.25, 0.3) is 0 Å². The molecule has 1 aliphatic rings. The summed E-state index contributed by atoms with van der Waals surface area (Å²) < 4.78 is 5.01. The van der Waals surface area contributed by atoms with Crippen LogP contribution < -0.4 is 10.5 Å². The van der Waals surface area contributed by atoms with Crippen molar-refractivity contribution in [3.05, 3.63) is 33.9 Å². The SMILES string of the molecule is COc1ccc(CN2CCCC(CN)C2)cc1[N+](=O)[O-].Cl. The summed E-state index contributed by atoms with van der Waals surface area (Å²) in [5.41, 5.74) is 6.69. The number of ether oxygens (including phenoxy) is 1.